The van der Waals surface area contributed by atoms with Crippen LogP contribution in [0.1, 0.15) is 48.9 Å². The maximum absolute atomic E-state index is 12.5. The van der Waals surface area contributed by atoms with E-state index in [1.165, 1.54) is 0 Å². The van der Waals surface area contributed by atoms with Crippen LogP contribution in [0.2, 0.25) is 0 Å². The summed E-state index contributed by atoms with van der Waals surface area (Å²) in [6, 6.07) is 7.88. The summed E-state index contributed by atoms with van der Waals surface area (Å²) in [7, 11) is 1.83. The van der Waals surface area contributed by atoms with Gasteiger partial charge in [-0.2, -0.15) is 0 Å². The Morgan fingerprint density at radius 2 is 1.92 bits per heavy atom. The molecule has 1 spiro atoms. The molecule has 1 aromatic rings. The van der Waals surface area contributed by atoms with Crippen molar-refractivity contribution in [2.24, 2.45) is 5.92 Å². The second-order valence-electron chi connectivity index (χ2n) is 7.50. The summed E-state index contributed by atoms with van der Waals surface area (Å²) in [4.78, 5) is 26.6. The molecule has 1 N–H and O–H groups in total. The zero-order valence-electron chi connectivity index (χ0n) is 14.1. The number of hydrogen-bond acceptors (Lipinski definition) is 3. The third kappa shape index (κ3) is 2.87. The molecule has 0 atom stereocenters. The van der Waals surface area contributed by atoms with Crippen molar-refractivity contribution in [1.82, 2.24) is 10.2 Å². The van der Waals surface area contributed by atoms with Crippen LogP contribution in [-0.2, 0) is 4.79 Å². The lowest BCUT2D eigenvalue weighted by Gasteiger charge is -2.40. The number of nitrogens with zero attached hydrogens (tertiary/aromatic N) is 1. The molecule has 2 amide bonds. The Morgan fingerprint density at radius 3 is 2.62 bits per heavy atom. The monoisotopic (exact) mass is 328 g/mol. The molecule has 5 nitrogen and oxygen atoms in total. The van der Waals surface area contributed by atoms with Crippen LogP contribution in [0.5, 0.6) is 5.75 Å². The molecule has 2 aliphatic carbocycles. The van der Waals surface area contributed by atoms with Gasteiger partial charge in [-0.1, -0.05) is 12.1 Å². The smallest absolute Gasteiger partial charge is 0.257 e. The van der Waals surface area contributed by atoms with E-state index in [0.717, 1.165) is 38.5 Å². The molecular formula is C19H24N2O3. The van der Waals surface area contributed by atoms with Crippen LogP contribution >= 0.6 is 0 Å². The minimum absolute atomic E-state index is 0.0103. The van der Waals surface area contributed by atoms with Crippen LogP contribution in [0, 0.1) is 5.92 Å². The number of likely N-dealkylation sites (N-methyl/N-ethyl adjacent to an activating group) is 1. The van der Waals surface area contributed by atoms with E-state index < -0.39 is 0 Å². The molecule has 24 heavy (non-hydrogen) atoms. The quantitative estimate of drug-likeness (QED) is 0.907. The molecule has 0 saturated heterocycles. The molecule has 0 radical (unpaired) electrons. The third-order valence-corrected chi connectivity index (χ3v) is 5.51. The second-order valence-corrected chi connectivity index (χ2v) is 7.50. The summed E-state index contributed by atoms with van der Waals surface area (Å²) in [6.07, 6.45) is 5.50. The van der Waals surface area contributed by atoms with Crippen molar-refractivity contribution >= 4 is 11.8 Å². The van der Waals surface area contributed by atoms with Gasteiger partial charge in [-0.05, 0) is 50.7 Å². The lowest BCUT2D eigenvalue weighted by Crippen LogP contribution is -2.49. The van der Waals surface area contributed by atoms with Crippen molar-refractivity contribution in [1.29, 1.82) is 0 Å². The molecule has 3 aliphatic rings. The lowest BCUT2D eigenvalue weighted by atomic mass is 9.78. The average molecular weight is 328 g/mol. The summed E-state index contributed by atoms with van der Waals surface area (Å²) in [6.45, 7) is 0.581. The van der Waals surface area contributed by atoms with Gasteiger partial charge in [0.05, 0.1) is 12.1 Å². The van der Waals surface area contributed by atoms with Crippen molar-refractivity contribution in [2.45, 2.75) is 50.2 Å². The Kier molecular flexibility index (Phi) is 3.74. The maximum Gasteiger partial charge on any atom is 0.257 e. The van der Waals surface area contributed by atoms with Gasteiger partial charge in [0.1, 0.15) is 11.4 Å². The molecule has 1 aliphatic heterocycles. The van der Waals surface area contributed by atoms with E-state index in [9.17, 15) is 9.59 Å². The van der Waals surface area contributed by atoms with E-state index in [-0.39, 0.29) is 23.3 Å². The average Bonchev–Trinajstić information content (AvgIpc) is 3.39. The van der Waals surface area contributed by atoms with E-state index >= 15 is 0 Å². The number of carbonyl (C=O) groups excluding carboxylic acids is 2. The summed E-state index contributed by atoms with van der Waals surface area (Å²) < 4.78 is 6.35. The van der Waals surface area contributed by atoms with E-state index in [0.29, 0.717) is 23.9 Å². The van der Waals surface area contributed by atoms with Gasteiger partial charge in [-0.3, -0.25) is 9.59 Å². The van der Waals surface area contributed by atoms with Crippen LogP contribution in [-0.4, -0.2) is 41.9 Å². The molecule has 1 heterocycles. The summed E-state index contributed by atoms with van der Waals surface area (Å²) in [5, 5.41) is 3.11. The fourth-order valence-corrected chi connectivity index (χ4v) is 3.92. The van der Waals surface area contributed by atoms with Gasteiger partial charge in [-0.15, -0.1) is 0 Å². The Hall–Kier alpha value is -2.04. The number of benzene rings is 1. The van der Waals surface area contributed by atoms with Crippen LogP contribution < -0.4 is 10.1 Å². The maximum atomic E-state index is 12.5. The zero-order chi connectivity index (χ0) is 16.7. The van der Waals surface area contributed by atoms with E-state index in [1.807, 2.05) is 31.3 Å². The number of hydrogen-bond donors (Lipinski definition) is 1. The first-order chi connectivity index (χ1) is 11.6. The van der Waals surface area contributed by atoms with Crippen molar-refractivity contribution in [3.8, 4) is 5.75 Å². The molecule has 2 fully saturated rings. The Bertz CT molecular complexity index is 660. The summed E-state index contributed by atoms with van der Waals surface area (Å²) in [5.41, 5.74) is 0.262. The number of amides is 2. The van der Waals surface area contributed by atoms with Gasteiger partial charge in [-0.25, -0.2) is 0 Å². The van der Waals surface area contributed by atoms with Gasteiger partial charge in [0.15, 0.2) is 0 Å². The number of carbonyl (C=O) groups is 2. The van der Waals surface area contributed by atoms with Crippen molar-refractivity contribution in [3.05, 3.63) is 29.8 Å². The van der Waals surface area contributed by atoms with Crippen LogP contribution in [0.25, 0.3) is 0 Å². The number of ether oxygens (including phenoxy) is 1. The highest BCUT2D eigenvalue weighted by molar-refractivity contribution is 5.97. The van der Waals surface area contributed by atoms with Gasteiger partial charge < -0.3 is 15.0 Å². The molecule has 0 aromatic heterocycles. The molecule has 128 valence electrons. The SMILES string of the molecule is CN1CC2(CCC(C(=O)NC3CC3)CC2)Oc2ccccc2C1=O. The lowest BCUT2D eigenvalue weighted by molar-refractivity contribution is -0.127. The fraction of sp³-hybridized carbons (Fsp3) is 0.579. The number of rotatable bonds is 2. The number of nitrogens with one attached hydrogen (secondary N) is 1. The summed E-state index contributed by atoms with van der Waals surface area (Å²) >= 11 is 0. The zero-order valence-corrected chi connectivity index (χ0v) is 14.1. The van der Waals surface area contributed by atoms with Crippen molar-refractivity contribution in [3.63, 3.8) is 0 Å². The van der Waals surface area contributed by atoms with Crippen molar-refractivity contribution < 1.29 is 14.3 Å². The fourth-order valence-electron chi connectivity index (χ4n) is 3.92. The van der Waals surface area contributed by atoms with Crippen LogP contribution in [0.3, 0.4) is 0 Å². The van der Waals surface area contributed by atoms with Crippen molar-refractivity contribution in [2.75, 3.05) is 13.6 Å². The molecule has 1 aromatic carbocycles. The molecule has 2 saturated carbocycles. The molecule has 0 bridgehead atoms. The first kappa shape index (κ1) is 15.5. The van der Waals surface area contributed by atoms with E-state index in [2.05, 4.69) is 5.32 Å². The molecule has 4 rings (SSSR count). The minimum Gasteiger partial charge on any atom is -0.485 e. The first-order valence-corrected chi connectivity index (χ1v) is 8.90. The Balaban J connectivity index is 1.50. The Morgan fingerprint density at radius 1 is 1.21 bits per heavy atom. The van der Waals surface area contributed by atoms with E-state index in [1.54, 1.807) is 4.90 Å². The second kappa shape index (κ2) is 5.80. The normalized spacial score (nSPS) is 29.6. The molecule has 0 unspecified atom stereocenters. The molecule has 5 heteroatoms. The third-order valence-electron chi connectivity index (χ3n) is 5.51. The minimum atomic E-state index is -0.368. The number of para-hydroxylation sites is 1. The first-order valence-electron chi connectivity index (χ1n) is 8.90. The van der Waals surface area contributed by atoms with Gasteiger partial charge >= 0.3 is 0 Å². The topological polar surface area (TPSA) is 58.6 Å². The highest BCUT2D eigenvalue weighted by atomic mass is 16.5. The van der Waals surface area contributed by atoms with E-state index in [4.69, 9.17) is 4.74 Å². The highest BCUT2D eigenvalue weighted by Gasteiger charge is 2.43. The van der Waals surface area contributed by atoms with Gasteiger partial charge in [0.2, 0.25) is 5.91 Å². The Labute approximate surface area is 142 Å². The predicted molar refractivity (Wildman–Crippen MR) is 89.9 cm³/mol. The summed E-state index contributed by atoms with van der Waals surface area (Å²) in [5.74, 6) is 0.967. The largest absolute Gasteiger partial charge is 0.485 e. The number of fused-ring (bicyclic) bond motifs is 1. The van der Waals surface area contributed by atoms with Crippen LogP contribution in [0.4, 0.5) is 0 Å². The van der Waals surface area contributed by atoms with Gasteiger partial charge in [0, 0.05) is 19.0 Å². The van der Waals surface area contributed by atoms with Gasteiger partial charge in [0.25, 0.3) is 5.91 Å². The highest BCUT2D eigenvalue weighted by Crippen LogP contribution is 2.40. The standard InChI is InChI=1S/C19H24N2O3/c1-21-12-19(24-16-5-3-2-4-15(16)18(21)23)10-8-13(9-11-19)17(22)20-14-6-7-14/h2-5,13-14H,6-12H2,1H3,(H,20,22). The van der Waals surface area contributed by atoms with Crippen LogP contribution in [0.15, 0.2) is 24.3 Å². The molecular weight excluding hydrogens is 304 g/mol. The predicted octanol–water partition coefficient (Wildman–Crippen LogP) is 2.36.